The predicted molar refractivity (Wildman–Crippen MR) is 75.4 cm³/mol. The number of benzene rings is 1. The monoisotopic (exact) mass is 256 g/mol. The van der Waals surface area contributed by atoms with E-state index in [0.717, 1.165) is 11.3 Å². The van der Waals surface area contributed by atoms with Crippen LogP contribution in [0.25, 0.3) is 0 Å². The quantitative estimate of drug-likeness (QED) is 0.725. The zero-order chi connectivity index (χ0) is 13.8. The number of anilines is 2. The van der Waals surface area contributed by atoms with E-state index in [1.165, 1.54) is 0 Å². The fraction of sp³-hybridized carbons (Fsp3) is 0.143. The standard InChI is InChI=1S/C14H16N4O/c1-9-2-3-10(7-17-9)8-18-14(19)12-5-4-11(15)6-13(12)16/h2-7H,8,15-16H2,1H3,(H,18,19). The third-order valence-electron chi connectivity index (χ3n) is 2.75. The van der Waals surface area contributed by atoms with Crippen LogP contribution < -0.4 is 16.8 Å². The maximum atomic E-state index is 12.0. The van der Waals surface area contributed by atoms with Gasteiger partial charge >= 0.3 is 0 Å². The van der Waals surface area contributed by atoms with E-state index in [1.807, 2.05) is 19.1 Å². The minimum atomic E-state index is -0.224. The Kier molecular flexibility index (Phi) is 3.66. The van der Waals surface area contributed by atoms with Crippen molar-refractivity contribution >= 4 is 17.3 Å². The first-order valence-corrected chi connectivity index (χ1v) is 5.91. The highest BCUT2D eigenvalue weighted by molar-refractivity contribution is 5.99. The molecule has 1 aromatic carbocycles. The number of carbonyl (C=O) groups excluding carboxylic acids is 1. The highest BCUT2D eigenvalue weighted by Crippen LogP contribution is 2.15. The predicted octanol–water partition coefficient (Wildman–Crippen LogP) is 1.48. The highest BCUT2D eigenvalue weighted by Gasteiger charge is 2.09. The molecule has 0 bridgehead atoms. The summed E-state index contributed by atoms with van der Waals surface area (Å²) in [5.74, 6) is -0.224. The van der Waals surface area contributed by atoms with Crippen molar-refractivity contribution in [2.75, 3.05) is 11.5 Å². The average Bonchev–Trinajstić information content (AvgIpc) is 2.37. The number of aryl methyl sites for hydroxylation is 1. The van der Waals surface area contributed by atoms with Gasteiger partial charge in [-0.05, 0) is 36.8 Å². The Balaban J connectivity index is 2.03. The molecule has 5 heteroatoms. The van der Waals surface area contributed by atoms with Gasteiger partial charge in [-0.2, -0.15) is 0 Å². The van der Waals surface area contributed by atoms with Gasteiger partial charge in [0.1, 0.15) is 0 Å². The summed E-state index contributed by atoms with van der Waals surface area (Å²) in [5.41, 5.74) is 14.6. The van der Waals surface area contributed by atoms with Crippen LogP contribution in [0.15, 0.2) is 36.5 Å². The van der Waals surface area contributed by atoms with Gasteiger partial charge in [-0.15, -0.1) is 0 Å². The molecule has 0 saturated carbocycles. The molecule has 1 heterocycles. The van der Waals surface area contributed by atoms with Crippen LogP contribution >= 0.6 is 0 Å². The van der Waals surface area contributed by atoms with Gasteiger partial charge < -0.3 is 16.8 Å². The van der Waals surface area contributed by atoms with Crippen molar-refractivity contribution in [2.24, 2.45) is 0 Å². The van der Waals surface area contributed by atoms with Crippen molar-refractivity contribution in [1.82, 2.24) is 10.3 Å². The Morgan fingerprint density at radius 2 is 2.05 bits per heavy atom. The van der Waals surface area contributed by atoms with Crippen LogP contribution in [0, 0.1) is 6.92 Å². The summed E-state index contributed by atoms with van der Waals surface area (Å²) in [7, 11) is 0. The lowest BCUT2D eigenvalue weighted by Crippen LogP contribution is -2.23. The van der Waals surface area contributed by atoms with E-state index in [-0.39, 0.29) is 5.91 Å². The van der Waals surface area contributed by atoms with E-state index in [9.17, 15) is 4.79 Å². The first kappa shape index (κ1) is 12.9. The van der Waals surface area contributed by atoms with E-state index in [1.54, 1.807) is 24.4 Å². The second-order valence-electron chi connectivity index (χ2n) is 4.34. The number of nitrogens with zero attached hydrogens (tertiary/aromatic N) is 1. The van der Waals surface area contributed by atoms with Crippen LogP contribution in [-0.4, -0.2) is 10.9 Å². The third kappa shape index (κ3) is 3.22. The lowest BCUT2D eigenvalue weighted by atomic mass is 10.1. The van der Waals surface area contributed by atoms with Crippen molar-refractivity contribution in [3.8, 4) is 0 Å². The molecule has 98 valence electrons. The SMILES string of the molecule is Cc1ccc(CNC(=O)c2ccc(N)cc2N)cn1. The molecule has 5 N–H and O–H groups in total. The minimum Gasteiger partial charge on any atom is -0.399 e. The Labute approximate surface area is 111 Å². The molecule has 5 nitrogen and oxygen atoms in total. The fourth-order valence-electron chi connectivity index (χ4n) is 1.67. The van der Waals surface area contributed by atoms with Crippen LogP contribution in [0.5, 0.6) is 0 Å². The van der Waals surface area contributed by atoms with Gasteiger partial charge in [-0.25, -0.2) is 0 Å². The van der Waals surface area contributed by atoms with Crippen LogP contribution in [0.3, 0.4) is 0 Å². The summed E-state index contributed by atoms with van der Waals surface area (Å²) < 4.78 is 0. The van der Waals surface area contributed by atoms with Gasteiger partial charge in [0, 0.05) is 29.8 Å². The first-order chi connectivity index (χ1) is 9.06. The second kappa shape index (κ2) is 5.39. The molecule has 2 aromatic rings. The number of amides is 1. The normalized spacial score (nSPS) is 10.2. The maximum absolute atomic E-state index is 12.0. The van der Waals surface area contributed by atoms with Crippen molar-refractivity contribution < 1.29 is 4.79 Å². The molecule has 2 rings (SSSR count). The number of pyridine rings is 1. The molecule has 1 amide bonds. The number of hydrogen-bond donors (Lipinski definition) is 3. The third-order valence-corrected chi connectivity index (χ3v) is 2.75. The molecule has 0 aliphatic carbocycles. The molecule has 0 aliphatic heterocycles. The lowest BCUT2D eigenvalue weighted by Gasteiger charge is -2.08. The summed E-state index contributed by atoms with van der Waals surface area (Å²) in [6, 6.07) is 8.67. The van der Waals surface area contributed by atoms with Gasteiger partial charge in [0.25, 0.3) is 5.91 Å². The molecular formula is C14H16N4O. The zero-order valence-electron chi connectivity index (χ0n) is 10.7. The van der Waals surface area contributed by atoms with Gasteiger partial charge in [0.15, 0.2) is 0 Å². The molecule has 0 saturated heterocycles. The zero-order valence-corrected chi connectivity index (χ0v) is 10.7. The number of rotatable bonds is 3. The summed E-state index contributed by atoms with van der Waals surface area (Å²) in [5, 5.41) is 2.80. The summed E-state index contributed by atoms with van der Waals surface area (Å²) in [6.07, 6.45) is 1.74. The first-order valence-electron chi connectivity index (χ1n) is 5.91. The van der Waals surface area contributed by atoms with E-state index in [2.05, 4.69) is 10.3 Å². The maximum Gasteiger partial charge on any atom is 0.253 e. The Hall–Kier alpha value is -2.56. The molecule has 0 radical (unpaired) electrons. The topological polar surface area (TPSA) is 94.0 Å². The van der Waals surface area contributed by atoms with Gasteiger partial charge in [-0.1, -0.05) is 6.07 Å². The Bertz CT molecular complexity index is 593. The van der Waals surface area contributed by atoms with Crippen LogP contribution in [0.1, 0.15) is 21.6 Å². The largest absolute Gasteiger partial charge is 0.399 e. The molecule has 0 unspecified atom stereocenters. The van der Waals surface area contributed by atoms with E-state index in [4.69, 9.17) is 11.5 Å². The number of nitrogen functional groups attached to an aromatic ring is 2. The average molecular weight is 256 g/mol. The van der Waals surface area contributed by atoms with Gasteiger partial charge in [0.2, 0.25) is 0 Å². The van der Waals surface area contributed by atoms with Crippen molar-refractivity contribution in [1.29, 1.82) is 0 Å². The summed E-state index contributed by atoms with van der Waals surface area (Å²) >= 11 is 0. The number of nitrogens with one attached hydrogen (secondary N) is 1. The molecule has 0 atom stereocenters. The van der Waals surface area contributed by atoms with Gasteiger partial charge in [-0.3, -0.25) is 9.78 Å². The number of nitrogens with two attached hydrogens (primary N) is 2. The number of aromatic nitrogens is 1. The van der Waals surface area contributed by atoms with Crippen LogP contribution in [0.4, 0.5) is 11.4 Å². The van der Waals surface area contributed by atoms with Crippen molar-refractivity contribution in [3.63, 3.8) is 0 Å². The highest BCUT2D eigenvalue weighted by atomic mass is 16.1. The molecule has 0 spiro atoms. The van der Waals surface area contributed by atoms with E-state index in [0.29, 0.717) is 23.5 Å². The van der Waals surface area contributed by atoms with Crippen LogP contribution in [-0.2, 0) is 6.54 Å². The Morgan fingerprint density at radius 1 is 1.26 bits per heavy atom. The van der Waals surface area contributed by atoms with Crippen LogP contribution in [0.2, 0.25) is 0 Å². The Morgan fingerprint density at radius 3 is 2.68 bits per heavy atom. The summed E-state index contributed by atoms with van der Waals surface area (Å²) in [6.45, 7) is 2.33. The molecule has 1 aromatic heterocycles. The van der Waals surface area contributed by atoms with E-state index >= 15 is 0 Å². The summed E-state index contributed by atoms with van der Waals surface area (Å²) in [4.78, 5) is 16.1. The molecule has 0 fully saturated rings. The molecule has 0 aliphatic rings. The molecular weight excluding hydrogens is 240 g/mol. The second-order valence-corrected chi connectivity index (χ2v) is 4.34. The minimum absolute atomic E-state index is 0.224. The number of hydrogen-bond acceptors (Lipinski definition) is 4. The smallest absolute Gasteiger partial charge is 0.253 e. The fourth-order valence-corrected chi connectivity index (χ4v) is 1.67. The van der Waals surface area contributed by atoms with Crippen molar-refractivity contribution in [2.45, 2.75) is 13.5 Å². The lowest BCUT2D eigenvalue weighted by molar-refractivity contribution is 0.0952. The van der Waals surface area contributed by atoms with Crippen molar-refractivity contribution in [3.05, 3.63) is 53.3 Å². The van der Waals surface area contributed by atoms with E-state index < -0.39 is 0 Å². The van der Waals surface area contributed by atoms with Gasteiger partial charge in [0.05, 0.1) is 5.56 Å². The number of carbonyl (C=O) groups is 1. The molecule has 19 heavy (non-hydrogen) atoms.